The zero-order valence-electron chi connectivity index (χ0n) is 16.6. The van der Waals surface area contributed by atoms with Gasteiger partial charge in [-0.25, -0.2) is 9.18 Å². The molecule has 28 heavy (non-hydrogen) atoms. The van der Waals surface area contributed by atoms with Crippen molar-refractivity contribution in [2.45, 2.75) is 39.2 Å². The lowest BCUT2D eigenvalue weighted by Crippen LogP contribution is -2.46. The highest BCUT2D eigenvalue weighted by molar-refractivity contribution is 5.94. The minimum atomic E-state index is -0.619. The molecule has 0 bridgehead atoms. The van der Waals surface area contributed by atoms with E-state index in [4.69, 9.17) is 4.74 Å². The second kappa shape index (κ2) is 9.52. The Bertz CT molecular complexity index is 710. The van der Waals surface area contributed by atoms with Crippen LogP contribution >= 0.6 is 0 Å². The second-order valence-electron chi connectivity index (χ2n) is 7.87. The lowest BCUT2D eigenvalue weighted by atomic mass is 9.96. The molecule has 2 rings (SSSR count). The van der Waals surface area contributed by atoms with Crippen LogP contribution in [-0.2, 0) is 9.53 Å². The van der Waals surface area contributed by atoms with Crippen molar-refractivity contribution in [1.82, 2.24) is 15.5 Å². The third-order valence-electron chi connectivity index (χ3n) is 4.42. The number of piperidine rings is 1. The molecule has 0 atom stereocenters. The molecule has 1 aromatic carbocycles. The minimum Gasteiger partial charge on any atom is -0.444 e. The van der Waals surface area contributed by atoms with Crippen molar-refractivity contribution in [2.24, 2.45) is 5.92 Å². The number of rotatable bonds is 5. The fourth-order valence-corrected chi connectivity index (χ4v) is 2.94. The van der Waals surface area contributed by atoms with E-state index >= 15 is 0 Å². The highest BCUT2D eigenvalue weighted by Gasteiger charge is 2.24. The van der Waals surface area contributed by atoms with Crippen LogP contribution in [0, 0.1) is 11.7 Å². The fourth-order valence-electron chi connectivity index (χ4n) is 2.94. The van der Waals surface area contributed by atoms with Crippen molar-refractivity contribution in [3.63, 3.8) is 0 Å². The third kappa shape index (κ3) is 6.83. The van der Waals surface area contributed by atoms with Gasteiger partial charge in [-0.2, -0.15) is 0 Å². The maximum atomic E-state index is 13.6. The van der Waals surface area contributed by atoms with Crippen LogP contribution in [0.4, 0.5) is 9.18 Å². The molecular weight excluding hydrogens is 365 g/mol. The number of likely N-dealkylation sites (tertiary alicyclic amines) is 1. The van der Waals surface area contributed by atoms with E-state index < -0.39 is 23.4 Å². The lowest BCUT2D eigenvalue weighted by Gasteiger charge is -2.32. The van der Waals surface area contributed by atoms with Crippen LogP contribution in [0.1, 0.15) is 44.0 Å². The number of hydrogen-bond donors (Lipinski definition) is 2. The number of carbonyl (C=O) groups excluding carboxylic acids is 3. The van der Waals surface area contributed by atoms with E-state index in [0.29, 0.717) is 19.6 Å². The molecule has 2 N–H and O–H groups in total. The Labute approximate surface area is 164 Å². The molecular formula is C20H28FN3O4. The van der Waals surface area contributed by atoms with Gasteiger partial charge in [0.1, 0.15) is 18.0 Å². The Morgan fingerprint density at radius 3 is 2.39 bits per heavy atom. The predicted molar refractivity (Wildman–Crippen MR) is 102 cm³/mol. The summed E-state index contributed by atoms with van der Waals surface area (Å²) < 4.78 is 18.7. The molecule has 1 fully saturated rings. The van der Waals surface area contributed by atoms with Gasteiger partial charge in [0.25, 0.3) is 5.91 Å². The first-order valence-corrected chi connectivity index (χ1v) is 9.43. The molecule has 0 unspecified atom stereocenters. The molecule has 1 aliphatic heterocycles. The Morgan fingerprint density at radius 1 is 1.14 bits per heavy atom. The molecule has 1 aliphatic rings. The first-order chi connectivity index (χ1) is 13.2. The summed E-state index contributed by atoms with van der Waals surface area (Å²) in [6.07, 6.45) is 0.845. The van der Waals surface area contributed by atoms with Gasteiger partial charge in [0.15, 0.2) is 0 Å². The number of nitrogens with zero attached hydrogens (tertiary/aromatic N) is 1. The summed E-state index contributed by atoms with van der Waals surface area (Å²) in [6.45, 7) is 6.69. The summed E-state index contributed by atoms with van der Waals surface area (Å²) in [5.41, 5.74) is -0.582. The van der Waals surface area contributed by atoms with Crippen LogP contribution in [-0.4, -0.2) is 54.6 Å². The third-order valence-corrected chi connectivity index (χ3v) is 4.42. The lowest BCUT2D eigenvalue weighted by molar-refractivity contribution is -0.131. The van der Waals surface area contributed by atoms with Gasteiger partial charge in [-0.3, -0.25) is 9.59 Å². The average Bonchev–Trinajstić information content (AvgIpc) is 2.63. The normalized spacial score (nSPS) is 15.1. The molecule has 0 spiro atoms. The van der Waals surface area contributed by atoms with Crippen LogP contribution in [0.25, 0.3) is 0 Å². The second-order valence-corrected chi connectivity index (χ2v) is 7.87. The molecule has 0 saturated carbocycles. The number of ether oxygens (including phenoxy) is 1. The molecule has 3 amide bonds. The maximum absolute atomic E-state index is 13.6. The van der Waals surface area contributed by atoms with Crippen LogP contribution in [0.15, 0.2) is 24.3 Å². The molecule has 1 aromatic rings. The van der Waals surface area contributed by atoms with Gasteiger partial charge in [0.05, 0.1) is 5.56 Å². The number of nitrogens with one attached hydrogen (secondary N) is 2. The zero-order valence-corrected chi connectivity index (χ0v) is 16.6. The zero-order chi connectivity index (χ0) is 20.7. The molecule has 0 aromatic heterocycles. The summed E-state index contributed by atoms with van der Waals surface area (Å²) in [5, 5.41) is 5.23. The van der Waals surface area contributed by atoms with Crippen molar-refractivity contribution < 1.29 is 23.5 Å². The highest BCUT2D eigenvalue weighted by Crippen LogP contribution is 2.17. The van der Waals surface area contributed by atoms with Gasteiger partial charge in [-0.05, 0) is 51.7 Å². The van der Waals surface area contributed by atoms with Crippen molar-refractivity contribution in [3.8, 4) is 0 Å². The molecule has 1 heterocycles. The Kier molecular flexibility index (Phi) is 7.37. The van der Waals surface area contributed by atoms with Crippen molar-refractivity contribution in [1.29, 1.82) is 0 Å². The average molecular weight is 393 g/mol. The van der Waals surface area contributed by atoms with Gasteiger partial charge < -0.3 is 20.3 Å². The van der Waals surface area contributed by atoms with Crippen molar-refractivity contribution in [2.75, 3.05) is 26.2 Å². The minimum absolute atomic E-state index is 0.0309. The van der Waals surface area contributed by atoms with E-state index in [1.165, 1.54) is 18.2 Å². The van der Waals surface area contributed by atoms with Crippen LogP contribution in [0.5, 0.6) is 0 Å². The van der Waals surface area contributed by atoms with E-state index in [2.05, 4.69) is 10.6 Å². The van der Waals surface area contributed by atoms with E-state index in [-0.39, 0.29) is 23.9 Å². The van der Waals surface area contributed by atoms with E-state index in [0.717, 1.165) is 12.8 Å². The summed E-state index contributed by atoms with van der Waals surface area (Å²) >= 11 is 0. The van der Waals surface area contributed by atoms with Gasteiger partial charge in [-0.1, -0.05) is 12.1 Å². The number of benzene rings is 1. The van der Waals surface area contributed by atoms with Crippen molar-refractivity contribution >= 4 is 17.9 Å². The van der Waals surface area contributed by atoms with E-state index in [1.807, 2.05) is 0 Å². The summed E-state index contributed by atoms with van der Waals surface area (Å²) in [7, 11) is 0. The first kappa shape index (κ1) is 21.7. The standard InChI is InChI=1S/C20H28FN3O4/c1-20(2,3)28-19(27)23-13-17(25)24-10-8-14(9-11-24)12-22-18(26)15-6-4-5-7-16(15)21/h4-7,14H,8-13H2,1-3H3,(H,22,26)(H,23,27). The summed E-state index contributed by atoms with van der Waals surface area (Å²) in [5.74, 6) is -0.922. The van der Waals surface area contributed by atoms with Crippen LogP contribution in [0.3, 0.4) is 0 Å². The molecule has 154 valence electrons. The number of alkyl carbamates (subject to hydrolysis) is 1. The summed E-state index contributed by atoms with van der Waals surface area (Å²) in [4.78, 5) is 37.6. The molecule has 8 heteroatoms. The van der Waals surface area contributed by atoms with Gasteiger partial charge in [-0.15, -0.1) is 0 Å². The first-order valence-electron chi connectivity index (χ1n) is 9.43. The number of halogens is 1. The summed E-state index contributed by atoms with van der Waals surface area (Å²) in [6, 6.07) is 5.86. The van der Waals surface area contributed by atoms with Crippen LogP contribution in [0.2, 0.25) is 0 Å². The van der Waals surface area contributed by atoms with Gasteiger partial charge in [0.2, 0.25) is 5.91 Å². The highest BCUT2D eigenvalue weighted by atomic mass is 19.1. The van der Waals surface area contributed by atoms with Crippen LogP contribution < -0.4 is 10.6 Å². The monoisotopic (exact) mass is 393 g/mol. The quantitative estimate of drug-likeness (QED) is 0.804. The van der Waals surface area contributed by atoms with E-state index in [1.54, 1.807) is 31.7 Å². The molecule has 7 nitrogen and oxygen atoms in total. The SMILES string of the molecule is CC(C)(C)OC(=O)NCC(=O)N1CCC(CNC(=O)c2ccccc2F)CC1. The smallest absolute Gasteiger partial charge is 0.408 e. The predicted octanol–water partition coefficient (Wildman–Crippen LogP) is 2.32. The number of amides is 3. The van der Waals surface area contributed by atoms with Gasteiger partial charge >= 0.3 is 6.09 Å². The molecule has 0 radical (unpaired) electrons. The maximum Gasteiger partial charge on any atom is 0.408 e. The van der Waals surface area contributed by atoms with Gasteiger partial charge in [0, 0.05) is 19.6 Å². The number of carbonyl (C=O) groups is 3. The Morgan fingerprint density at radius 2 is 1.79 bits per heavy atom. The topological polar surface area (TPSA) is 87.7 Å². The number of hydrogen-bond acceptors (Lipinski definition) is 4. The Hall–Kier alpha value is -2.64. The molecule has 0 aliphatic carbocycles. The largest absolute Gasteiger partial charge is 0.444 e. The fraction of sp³-hybridized carbons (Fsp3) is 0.550. The molecule has 1 saturated heterocycles. The van der Waals surface area contributed by atoms with E-state index in [9.17, 15) is 18.8 Å². The van der Waals surface area contributed by atoms with Crippen molar-refractivity contribution in [3.05, 3.63) is 35.6 Å². The Balaban J connectivity index is 1.69.